The fourth-order valence-electron chi connectivity index (χ4n) is 3.49. The SMILES string of the molecule is C=CCc1cc(C(=O)N2CCCc3c(N)cccc32)cc(OC)c1OC. The summed E-state index contributed by atoms with van der Waals surface area (Å²) >= 11 is 0. The van der Waals surface area contributed by atoms with Gasteiger partial charge in [0.15, 0.2) is 11.5 Å². The summed E-state index contributed by atoms with van der Waals surface area (Å²) in [5.41, 5.74) is 10.2. The predicted octanol–water partition coefficient (Wildman–Crippen LogP) is 3.61. The number of carbonyl (C=O) groups excluding carboxylic acids is 1. The van der Waals surface area contributed by atoms with Crippen LogP contribution in [-0.4, -0.2) is 26.7 Å². The van der Waals surface area contributed by atoms with Crippen molar-refractivity contribution in [1.82, 2.24) is 0 Å². The number of nitrogens with two attached hydrogens (primary N) is 1. The summed E-state index contributed by atoms with van der Waals surface area (Å²) in [5, 5.41) is 0. The molecule has 0 spiro atoms. The highest BCUT2D eigenvalue weighted by molar-refractivity contribution is 6.07. The minimum Gasteiger partial charge on any atom is -0.493 e. The first-order chi connectivity index (χ1) is 12.6. The molecule has 3 rings (SSSR count). The van der Waals surface area contributed by atoms with Crippen LogP contribution in [0.15, 0.2) is 43.0 Å². The molecule has 0 unspecified atom stereocenters. The Bertz CT molecular complexity index is 845. The third kappa shape index (κ3) is 3.12. The van der Waals surface area contributed by atoms with Crippen LogP contribution in [0.25, 0.3) is 0 Å². The van der Waals surface area contributed by atoms with E-state index in [2.05, 4.69) is 6.58 Å². The van der Waals surface area contributed by atoms with E-state index >= 15 is 0 Å². The minimum atomic E-state index is -0.0668. The highest BCUT2D eigenvalue weighted by atomic mass is 16.5. The van der Waals surface area contributed by atoms with Gasteiger partial charge in [-0.1, -0.05) is 12.1 Å². The summed E-state index contributed by atoms with van der Waals surface area (Å²) in [6, 6.07) is 9.30. The fraction of sp³-hybridized carbons (Fsp3) is 0.286. The number of nitrogen functional groups attached to an aromatic ring is 1. The lowest BCUT2D eigenvalue weighted by Gasteiger charge is -2.30. The van der Waals surface area contributed by atoms with Gasteiger partial charge in [0.2, 0.25) is 0 Å². The normalized spacial score (nSPS) is 13.1. The van der Waals surface area contributed by atoms with Crippen molar-refractivity contribution >= 4 is 17.3 Å². The number of anilines is 2. The third-order valence-electron chi connectivity index (χ3n) is 4.70. The van der Waals surface area contributed by atoms with Crippen LogP contribution in [0.1, 0.15) is 27.9 Å². The molecule has 5 heteroatoms. The van der Waals surface area contributed by atoms with Crippen molar-refractivity contribution in [2.75, 3.05) is 31.4 Å². The second-order valence-corrected chi connectivity index (χ2v) is 6.27. The molecular weight excluding hydrogens is 328 g/mol. The van der Waals surface area contributed by atoms with E-state index in [0.717, 1.165) is 35.3 Å². The van der Waals surface area contributed by atoms with Crippen LogP contribution >= 0.6 is 0 Å². The van der Waals surface area contributed by atoms with Crippen molar-refractivity contribution in [2.45, 2.75) is 19.3 Å². The maximum Gasteiger partial charge on any atom is 0.258 e. The van der Waals surface area contributed by atoms with Crippen molar-refractivity contribution < 1.29 is 14.3 Å². The Balaban J connectivity index is 2.05. The molecule has 136 valence electrons. The van der Waals surface area contributed by atoms with Crippen LogP contribution in [-0.2, 0) is 12.8 Å². The summed E-state index contributed by atoms with van der Waals surface area (Å²) in [6.45, 7) is 4.45. The van der Waals surface area contributed by atoms with Gasteiger partial charge in [-0.2, -0.15) is 0 Å². The molecule has 0 fully saturated rings. The number of hydrogen-bond donors (Lipinski definition) is 1. The number of ether oxygens (including phenoxy) is 2. The molecule has 0 bridgehead atoms. The predicted molar refractivity (Wildman–Crippen MR) is 104 cm³/mol. The van der Waals surface area contributed by atoms with Gasteiger partial charge >= 0.3 is 0 Å². The number of hydrogen-bond acceptors (Lipinski definition) is 4. The number of nitrogens with zero attached hydrogens (tertiary/aromatic N) is 1. The molecule has 2 aromatic carbocycles. The van der Waals surface area contributed by atoms with Crippen LogP contribution in [0.5, 0.6) is 11.5 Å². The summed E-state index contributed by atoms with van der Waals surface area (Å²) in [6.07, 6.45) is 4.14. The lowest BCUT2D eigenvalue weighted by molar-refractivity contribution is 0.0984. The Morgan fingerprint density at radius 1 is 1.31 bits per heavy atom. The molecule has 0 saturated heterocycles. The van der Waals surface area contributed by atoms with Gasteiger partial charge in [0.1, 0.15) is 0 Å². The Hall–Kier alpha value is -2.95. The standard InChI is InChI=1S/C21H24N2O3/c1-4-7-14-12-15(13-19(25-2)20(14)26-3)21(24)23-11-6-8-16-17(22)9-5-10-18(16)23/h4-5,9-10,12-13H,1,6-8,11,22H2,2-3H3. The summed E-state index contributed by atoms with van der Waals surface area (Å²) in [7, 11) is 3.16. The van der Waals surface area contributed by atoms with Crippen molar-refractivity contribution in [1.29, 1.82) is 0 Å². The highest BCUT2D eigenvalue weighted by Gasteiger charge is 2.26. The van der Waals surface area contributed by atoms with E-state index in [9.17, 15) is 4.79 Å². The van der Waals surface area contributed by atoms with E-state index in [1.165, 1.54) is 0 Å². The monoisotopic (exact) mass is 352 g/mol. The van der Waals surface area contributed by atoms with Crippen LogP contribution in [0, 0.1) is 0 Å². The average molecular weight is 352 g/mol. The molecule has 1 aliphatic heterocycles. The number of benzene rings is 2. The van der Waals surface area contributed by atoms with Gasteiger partial charge in [-0.05, 0) is 49.1 Å². The quantitative estimate of drug-likeness (QED) is 0.659. The zero-order chi connectivity index (χ0) is 18.7. The average Bonchev–Trinajstić information content (AvgIpc) is 2.67. The largest absolute Gasteiger partial charge is 0.493 e. The molecular formula is C21H24N2O3. The van der Waals surface area contributed by atoms with E-state index in [4.69, 9.17) is 15.2 Å². The summed E-state index contributed by atoms with van der Waals surface area (Å²) in [4.78, 5) is 15.1. The van der Waals surface area contributed by atoms with E-state index in [0.29, 0.717) is 30.0 Å². The minimum absolute atomic E-state index is 0.0668. The van der Waals surface area contributed by atoms with Gasteiger partial charge in [0.05, 0.1) is 14.2 Å². The molecule has 26 heavy (non-hydrogen) atoms. The fourth-order valence-corrected chi connectivity index (χ4v) is 3.49. The molecule has 2 aromatic rings. The maximum absolute atomic E-state index is 13.3. The van der Waals surface area contributed by atoms with E-state index < -0.39 is 0 Å². The zero-order valence-corrected chi connectivity index (χ0v) is 15.2. The molecule has 5 nitrogen and oxygen atoms in total. The second kappa shape index (κ2) is 7.52. The Morgan fingerprint density at radius 2 is 2.12 bits per heavy atom. The number of fused-ring (bicyclic) bond motifs is 1. The molecule has 0 saturated carbocycles. The molecule has 0 aliphatic carbocycles. The molecule has 0 atom stereocenters. The Kier molecular flexibility index (Phi) is 5.16. The van der Waals surface area contributed by atoms with E-state index in [-0.39, 0.29) is 5.91 Å². The van der Waals surface area contributed by atoms with Gasteiger partial charge in [-0.3, -0.25) is 4.79 Å². The number of rotatable bonds is 5. The maximum atomic E-state index is 13.3. The lowest BCUT2D eigenvalue weighted by atomic mass is 9.98. The van der Waals surface area contributed by atoms with Gasteiger partial charge in [0.25, 0.3) is 5.91 Å². The molecule has 0 aromatic heterocycles. The molecule has 2 N–H and O–H groups in total. The number of carbonyl (C=O) groups is 1. The number of allylic oxidation sites excluding steroid dienone is 1. The summed E-state index contributed by atoms with van der Waals surface area (Å²) < 4.78 is 10.9. The highest BCUT2D eigenvalue weighted by Crippen LogP contribution is 2.36. The molecule has 1 amide bonds. The molecule has 0 radical (unpaired) electrons. The van der Waals surface area contributed by atoms with Crippen LogP contribution in [0.4, 0.5) is 11.4 Å². The van der Waals surface area contributed by atoms with Gasteiger partial charge < -0.3 is 20.1 Å². The molecule has 1 heterocycles. The second-order valence-electron chi connectivity index (χ2n) is 6.27. The van der Waals surface area contributed by atoms with E-state index in [1.807, 2.05) is 24.3 Å². The first-order valence-electron chi connectivity index (χ1n) is 8.65. The Morgan fingerprint density at radius 3 is 2.81 bits per heavy atom. The van der Waals surface area contributed by atoms with Crippen molar-refractivity contribution in [3.8, 4) is 11.5 Å². The van der Waals surface area contributed by atoms with Gasteiger partial charge in [-0.25, -0.2) is 0 Å². The van der Waals surface area contributed by atoms with Crippen molar-refractivity contribution in [3.05, 3.63) is 59.7 Å². The molecule has 1 aliphatic rings. The smallest absolute Gasteiger partial charge is 0.258 e. The van der Waals surface area contributed by atoms with Gasteiger partial charge in [-0.15, -0.1) is 6.58 Å². The van der Waals surface area contributed by atoms with Crippen LogP contribution in [0.3, 0.4) is 0 Å². The summed E-state index contributed by atoms with van der Waals surface area (Å²) in [5.74, 6) is 1.11. The van der Waals surface area contributed by atoms with Crippen LogP contribution < -0.4 is 20.1 Å². The topological polar surface area (TPSA) is 64.8 Å². The van der Waals surface area contributed by atoms with Gasteiger partial charge in [0, 0.05) is 29.0 Å². The van der Waals surface area contributed by atoms with E-state index in [1.54, 1.807) is 31.3 Å². The first-order valence-corrected chi connectivity index (χ1v) is 8.65. The number of amides is 1. The Labute approximate surface area is 154 Å². The van der Waals surface area contributed by atoms with Crippen LogP contribution in [0.2, 0.25) is 0 Å². The zero-order valence-electron chi connectivity index (χ0n) is 15.2. The first kappa shape index (κ1) is 17.9. The third-order valence-corrected chi connectivity index (χ3v) is 4.70. The lowest BCUT2D eigenvalue weighted by Crippen LogP contribution is -2.35. The number of methoxy groups -OCH3 is 2. The van der Waals surface area contributed by atoms with Crippen molar-refractivity contribution in [3.63, 3.8) is 0 Å². The van der Waals surface area contributed by atoms with Crippen molar-refractivity contribution in [2.24, 2.45) is 0 Å².